The highest BCUT2D eigenvalue weighted by Crippen LogP contribution is 2.33. The fraction of sp³-hybridized carbons (Fsp3) is 0.297. The van der Waals surface area contributed by atoms with Crippen molar-refractivity contribution in [2.45, 2.75) is 50.7 Å². The fourth-order valence-electron chi connectivity index (χ4n) is 5.55. The first-order valence-electron chi connectivity index (χ1n) is 16.8. The van der Waals surface area contributed by atoms with Crippen molar-refractivity contribution in [3.05, 3.63) is 106 Å². The standard InChI is InChI=1S/C37H39N7O6S/c38-30(18-28-21-51-22-41-28)36(48)40-16-2-1-15-39-34(46)24-7-10-27(11-8-24)42-35(47)25-5-3-23(4-6-25)19-44(29-12-13-29)37(49)26-9-14-31-32(17-26)50-20-33(45)43-31/h3-11,14,17,21-22,29-30H,1-2,12-13,15-16,18-20,38H2,(H,39,46)(H,40,48)(H,42,47)(H,43,45). The Morgan fingerprint density at radius 3 is 2.31 bits per heavy atom. The zero-order valence-corrected chi connectivity index (χ0v) is 28.7. The zero-order valence-electron chi connectivity index (χ0n) is 27.9. The molecule has 6 N–H and O–H groups in total. The number of nitrogens with zero attached hydrogens (tertiary/aromatic N) is 2. The van der Waals surface area contributed by atoms with E-state index in [2.05, 4.69) is 26.3 Å². The highest BCUT2D eigenvalue weighted by molar-refractivity contribution is 7.07. The lowest BCUT2D eigenvalue weighted by Crippen LogP contribution is -2.42. The van der Waals surface area contributed by atoms with E-state index in [9.17, 15) is 24.0 Å². The van der Waals surface area contributed by atoms with E-state index in [1.807, 2.05) is 22.4 Å². The summed E-state index contributed by atoms with van der Waals surface area (Å²) in [5.74, 6) is -0.633. The summed E-state index contributed by atoms with van der Waals surface area (Å²) < 4.78 is 5.49. The van der Waals surface area contributed by atoms with E-state index >= 15 is 0 Å². The van der Waals surface area contributed by atoms with E-state index < -0.39 is 6.04 Å². The predicted molar refractivity (Wildman–Crippen MR) is 193 cm³/mol. The summed E-state index contributed by atoms with van der Waals surface area (Å²) in [7, 11) is 0. The van der Waals surface area contributed by atoms with Gasteiger partial charge >= 0.3 is 0 Å². The van der Waals surface area contributed by atoms with Crippen LogP contribution in [0.4, 0.5) is 11.4 Å². The lowest BCUT2D eigenvalue weighted by atomic mass is 10.1. The Balaban J connectivity index is 0.924. The summed E-state index contributed by atoms with van der Waals surface area (Å²) in [6.45, 7) is 1.22. The molecule has 2 aliphatic rings. The maximum Gasteiger partial charge on any atom is 0.262 e. The van der Waals surface area contributed by atoms with E-state index in [1.165, 1.54) is 11.3 Å². The topological polar surface area (TPSA) is 185 Å². The van der Waals surface area contributed by atoms with Crippen LogP contribution in [0, 0.1) is 0 Å². The lowest BCUT2D eigenvalue weighted by molar-refractivity contribution is -0.122. The molecule has 1 atom stereocenters. The molecule has 1 unspecified atom stereocenters. The number of benzene rings is 3. The van der Waals surface area contributed by atoms with Crippen LogP contribution in [0.15, 0.2) is 77.6 Å². The minimum atomic E-state index is -0.649. The van der Waals surface area contributed by atoms with Gasteiger partial charge in [-0.05, 0) is 85.8 Å². The average Bonchev–Trinajstić information content (AvgIpc) is 3.86. The van der Waals surface area contributed by atoms with Gasteiger partial charge in [-0.1, -0.05) is 12.1 Å². The van der Waals surface area contributed by atoms with Gasteiger partial charge in [0.25, 0.3) is 23.6 Å². The molecule has 14 heteroatoms. The molecule has 51 heavy (non-hydrogen) atoms. The van der Waals surface area contributed by atoms with Gasteiger partial charge in [0.2, 0.25) is 5.91 Å². The van der Waals surface area contributed by atoms with Crippen molar-refractivity contribution in [3.8, 4) is 5.75 Å². The first-order valence-corrected chi connectivity index (χ1v) is 17.7. The van der Waals surface area contributed by atoms with E-state index in [4.69, 9.17) is 10.5 Å². The van der Waals surface area contributed by atoms with Crippen LogP contribution in [-0.2, 0) is 22.6 Å². The molecule has 1 aliphatic heterocycles. The number of hydrogen-bond donors (Lipinski definition) is 5. The number of thiazole rings is 1. The molecule has 1 aromatic heterocycles. The first kappa shape index (κ1) is 35.2. The van der Waals surface area contributed by atoms with Crippen molar-refractivity contribution in [3.63, 3.8) is 0 Å². The lowest BCUT2D eigenvalue weighted by Gasteiger charge is -2.24. The van der Waals surface area contributed by atoms with Gasteiger partial charge in [-0.15, -0.1) is 11.3 Å². The van der Waals surface area contributed by atoms with Crippen LogP contribution in [0.25, 0.3) is 0 Å². The van der Waals surface area contributed by atoms with Crippen LogP contribution in [0.1, 0.15) is 68.0 Å². The number of carbonyl (C=O) groups is 5. The van der Waals surface area contributed by atoms with E-state index in [0.29, 0.717) is 72.7 Å². The zero-order chi connectivity index (χ0) is 35.7. The second kappa shape index (κ2) is 16.4. The van der Waals surface area contributed by atoms with E-state index in [0.717, 1.165) is 24.1 Å². The number of nitrogens with one attached hydrogen (secondary N) is 4. The number of hydrogen-bond acceptors (Lipinski definition) is 9. The van der Waals surface area contributed by atoms with Crippen LogP contribution in [-0.4, -0.2) is 71.2 Å². The number of amides is 5. The van der Waals surface area contributed by atoms with Gasteiger partial charge in [0, 0.05) is 59.9 Å². The SMILES string of the molecule is NC(Cc1cscn1)C(=O)NCCCCNC(=O)c1ccc(NC(=O)c2ccc(CN(C(=O)c3ccc4c(c3)OCC(=O)N4)C3CC3)cc2)cc1. The van der Waals surface area contributed by atoms with Gasteiger partial charge in [0.05, 0.1) is 22.9 Å². The molecule has 6 rings (SSSR count). The average molecular weight is 710 g/mol. The van der Waals surface area contributed by atoms with Crippen LogP contribution in [0.5, 0.6) is 5.75 Å². The van der Waals surface area contributed by atoms with Gasteiger partial charge in [0.15, 0.2) is 6.61 Å². The molecule has 4 aromatic rings. The van der Waals surface area contributed by atoms with Crippen molar-refractivity contribution < 1.29 is 28.7 Å². The monoisotopic (exact) mass is 709 g/mol. The first-order chi connectivity index (χ1) is 24.7. The van der Waals surface area contributed by atoms with Gasteiger partial charge in [0.1, 0.15) is 5.75 Å². The van der Waals surface area contributed by atoms with Crippen LogP contribution < -0.4 is 31.7 Å². The third kappa shape index (κ3) is 9.55. The third-order valence-corrected chi connectivity index (χ3v) is 9.16. The second-order valence-electron chi connectivity index (χ2n) is 12.5. The third-order valence-electron chi connectivity index (χ3n) is 8.52. The Morgan fingerprint density at radius 2 is 1.61 bits per heavy atom. The summed E-state index contributed by atoms with van der Waals surface area (Å²) >= 11 is 1.46. The molecule has 5 amide bonds. The molecule has 3 aromatic carbocycles. The molecule has 2 heterocycles. The number of nitrogens with two attached hydrogens (primary N) is 1. The summed E-state index contributed by atoms with van der Waals surface area (Å²) in [5, 5.41) is 13.2. The molecule has 13 nitrogen and oxygen atoms in total. The summed E-state index contributed by atoms with van der Waals surface area (Å²) in [5.41, 5.74) is 11.8. The highest BCUT2D eigenvalue weighted by Gasteiger charge is 2.33. The van der Waals surface area contributed by atoms with Crippen molar-refractivity contribution in [1.29, 1.82) is 0 Å². The van der Waals surface area contributed by atoms with Gasteiger partial charge < -0.3 is 36.6 Å². The van der Waals surface area contributed by atoms with E-state index in [1.54, 1.807) is 60.1 Å². The van der Waals surface area contributed by atoms with Gasteiger partial charge in [-0.2, -0.15) is 0 Å². The number of aromatic nitrogens is 1. The number of rotatable bonds is 15. The second-order valence-corrected chi connectivity index (χ2v) is 13.2. The molecule has 1 fully saturated rings. The van der Waals surface area contributed by atoms with Crippen LogP contribution in [0.2, 0.25) is 0 Å². The molecule has 0 bridgehead atoms. The highest BCUT2D eigenvalue weighted by atomic mass is 32.1. The molecule has 1 aliphatic carbocycles. The minimum Gasteiger partial charge on any atom is -0.482 e. The van der Waals surface area contributed by atoms with Crippen molar-refractivity contribution in [2.24, 2.45) is 5.73 Å². The van der Waals surface area contributed by atoms with E-state index in [-0.39, 0.29) is 42.2 Å². The molecule has 0 spiro atoms. The van der Waals surface area contributed by atoms with Gasteiger partial charge in [-0.3, -0.25) is 24.0 Å². The van der Waals surface area contributed by atoms with Crippen LogP contribution in [0.3, 0.4) is 0 Å². The summed E-state index contributed by atoms with van der Waals surface area (Å²) in [6.07, 6.45) is 3.62. The Labute approximate surface area is 299 Å². The number of ether oxygens (including phenoxy) is 1. The number of unbranched alkanes of at least 4 members (excludes halogenated alkanes) is 1. The van der Waals surface area contributed by atoms with Crippen molar-refractivity contribution in [1.82, 2.24) is 20.5 Å². The number of carbonyl (C=O) groups excluding carboxylic acids is 5. The minimum absolute atomic E-state index is 0.0857. The molecular formula is C37H39N7O6S. The molecule has 0 saturated heterocycles. The summed E-state index contributed by atoms with van der Waals surface area (Å²) in [6, 6.07) is 18.3. The Kier molecular flexibility index (Phi) is 11.3. The largest absolute Gasteiger partial charge is 0.482 e. The smallest absolute Gasteiger partial charge is 0.262 e. The van der Waals surface area contributed by atoms with Crippen LogP contribution >= 0.6 is 11.3 Å². The number of fused-ring (bicyclic) bond motifs is 1. The molecule has 1 saturated carbocycles. The number of anilines is 2. The van der Waals surface area contributed by atoms with Crippen molar-refractivity contribution in [2.75, 3.05) is 30.3 Å². The maximum atomic E-state index is 13.5. The molecule has 0 radical (unpaired) electrons. The predicted octanol–water partition coefficient (Wildman–Crippen LogP) is 3.73. The quantitative estimate of drug-likeness (QED) is 0.116. The molecule has 264 valence electrons. The fourth-order valence-corrected chi connectivity index (χ4v) is 6.12. The Bertz CT molecular complexity index is 1880. The van der Waals surface area contributed by atoms with Crippen molar-refractivity contribution >= 4 is 52.2 Å². The molecular weight excluding hydrogens is 671 g/mol. The summed E-state index contributed by atoms with van der Waals surface area (Å²) in [4.78, 5) is 68.8. The Morgan fingerprint density at radius 1 is 0.922 bits per heavy atom. The van der Waals surface area contributed by atoms with Gasteiger partial charge in [-0.25, -0.2) is 4.98 Å². The normalized spacial score (nSPS) is 13.9. The maximum absolute atomic E-state index is 13.5. The Hall–Kier alpha value is -5.60.